The zero-order valence-electron chi connectivity index (χ0n) is 19.6. The van der Waals surface area contributed by atoms with Gasteiger partial charge in [-0.3, -0.25) is 10.1 Å². The number of rotatable bonds is 9. The van der Waals surface area contributed by atoms with Crippen molar-refractivity contribution < 1.29 is 9.34 Å². The van der Waals surface area contributed by atoms with E-state index in [2.05, 4.69) is 58.7 Å². The molecule has 12 heteroatoms. The summed E-state index contributed by atoms with van der Waals surface area (Å²) in [5, 5.41) is 21.3. The van der Waals surface area contributed by atoms with Crippen LogP contribution < -0.4 is 16.1 Å². The summed E-state index contributed by atoms with van der Waals surface area (Å²) >= 11 is 2.26. The van der Waals surface area contributed by atoms with Gasteiger partial charge in [-0.25, -0.2) is 5.43 Å². The van der Waals surface area contributed by atoms with Gasteiger partial charge in [0, 0.05) is 32.6 Å². The lowest BCUT2D eigenvalue weighted by Crippen LogP contribution is -2.07. The number of nitro groups is 1. The molecule has 0 atom stereocenters. The Morgan fingerprint density at radius 1 is 0.789 bits per heavy atom. The van der Waals surface area contributed by atoms with Crippen LogP contribution in [-0.2, 0) is 0 Å². The average molecular weight is 618 g/mol. The van der Waals surface area contributed by atoms with Crippen molar-refractivity contribution in [1.82, 2.24) is 15.0 Å². The maximum Gasteiger partial charge on any atom is 0.269 e. The predicted octanol–water partition coefficient (Wildman–Crippen LogP) is 6.58. The number of halogens is 1. The molecule has 0 radical (unpaired) electrons. The fourth-order valence-corrected chi connectivity index (χ4v) is 3.69. The fraction of sp³-hybridized carbons (Fsp3) is 0. The SMILES string of the molecule is O=[N+]([O-])c1ccc(Nc2nc(NN=Cc3ccc(-c4ccc(I)cc4)o3)nc(Nc3ccccc3)n2)cc1. The van der Waals surface area contributed by atoms with Crippen molar-refractivity contribution in [1.29, 1.82) is 0 Å². The first-order chi connectivity index (χ1) is 18.5. The van der Waals surface area contributed by atoms with Crippen LogP contribution in [0.2, 0.25) is 0 Å². The molecule has 5 aromatic rings. The summed E-state index contributed by atoms with van der Waals surface area (Å²) in [6.07, 6.45) is 1.52. The van der Waals surface area contributed by atoms with Crippen LogP contribution in [0.4, 0.5) is 34.9 Å². The molecule has 0 amide bonds. The molecule has 0 aliphatic heterocycles. The molecule has 3 aromatic carbocycles. The topological polar surface area (TPSA) is 143 Å². The van der Waals surface area contributed by atoms with E-state index in [9.17, 15) is 10.1 Å². The first-order valence-electron chi connectivity index (χ1n) is 11.3. The van der Waals surface area contributed by atoms with Gasteiger partial charge in [0.25, 0.3) is 5.69 Å². The van der Waals surface area contributed by atoms with E-state index >= 15 is 0 Å². The summed E-state index contributed by atoms with van der Waals surface area (Å²) in [7, 11) is 0. The molecule has 38 heavy (non-hydrogen) atoms. The monoisotopic (exact) mass is 618 g/mol. The van der Waals surface area contributed by atoms with Crippen LogP contribution in [-0.4, -0.2) is 26.1 Å². The second kappa shape index (κ2) is 11.5. The van der Waals surface area contributed by atoms with E-state index in [0.717, 1.165) is 20.6 Å². The molecule has 0 unspecified atom stereocenters. The molecule has 0 spiro atoms. The standard InChI is InChI=1S/C26H19IN8O3/c27-18-8-6-17(7-9-18)23-15-14-22(38-23)16-28-34-26-32-24(29-19-4-2-1-3-5-19)31-25(33-26)30-20-10-12-21(13-11-20)35(36)37/h1-16H,(H3,29,30,31,32,33,34). The van der Waals surface area contributed by atoms with Gasteiger partial charge in [0.2, 0.25) is 17.8 Å². The van der Waals surface area contributed by atoms with Crippen LogP contribution in [0.25, 0.3) is 11.3 Å². The Morgan fingerprint density at radius 3 is 2.08 bits per heavy atom. The third kappa shape index (κ3) is 6.47. The first-order valence-corrected chi connectivity index (χ1v) is 12.3. The smallest absolute Gasteiger partial charge is 0.269 e. The Bertz CT molecular complexity index is 1570. The van der Waals surface area contributed by atoms with Gasteiger partial charge in [0.1, 0.15) is 11.5 Å². The minimum atomic E-state index is -0.461. The molecule has 2 aromatic heterocycles. The van der Waals surface area contributed by atoms with Gasteiger partial charge in [-0.2, -0.15) is 20.1 Å². The highest BCUT2D eigenvalue weighted by Crippen LogP contribution is 2.23. The number of non-ortho nitro benzene ring substituents is 1. The number of benzene rings is 3. The number of nitro benzene ring substituents is 1. The van der Waals surface area contributed by atoms with Crippen molar-refractivity contribution in [2.24, 2.45) is 5.10 Å². The van der Waals surface area contributed by atoms with Crippen LogP contribution in [0.3, 0.4) is 0 Å². The van der Waals surface area contributed by atoms with Crippen LogP contribution in [0, 0.1) is 13.7 Å². The highest BCUT2D eigenvalue weighted by molar-refractivity contribution is 14.1. The van der Waals surface area contributed by atoms with Crippen molar-refractivity contribution in [3.8, 4) is 11.3 Å². The van der Waals surface area contributed by atoms with Gasteiger partial charge in [-0.1, -0.05) is 30.3 Å². The second-order valence-electron chi connectivity index (χ2n) is 7.81. The maximum atomic E-state index is 10.9. The van der Waals surface area contributed by atoms with E-state index in [1.807, 2.05) is 66.7 Å². The molecule has 3 N–H and O–H groups in total. The van der Waals surface area contributed by atoms with Crippen molar-refractivity contribution in [3.05, 3.63) is 110 Å². The molecule has 0 saturated heterocycles. The molecular formula is C26H19IN8O3. The lowest BCUT2D eigenvalue weighted by atomic mass is 10.2. The summed E-state index contributed by atoms with van der Waals surface area (Å²) in [6, 6.07) is 27.0. The van der Waals surface area contributed by atoms with E-state index in [4.69, 9.17) is 4.42 Å². The molecule has 0 fully saturated rings. The van der Waals surface area contributed by atoms with Crippen molar-refractivity contribution in [2.75, 3.05) is 16.1 Å². The van der Waals surface area contributed by atoms with Crippen LogP contribution in [0.15, 0.2) is 101 Å². The lowest BCUT2D eigenvalue weighted by Gasteiger charge is -2.10. The molecule has 5 rings (SSSR count). The normalized spacial score (nSPS) is 10.9. The molecule has 2 heterocycles. The van der Waals surface area contributed by atoms with Crippen molar-refractivity contribution in [3.63, 3.8) is 0 Å². The van der Waals surface area contributed by atoms with E-state index in [0.29, 0.717) is 11.4 Å². The highest BCUT2D eigenvalue weighted by Gasteiger charge is 2.10. The molecule has 0 aliphatic carbocycles. The summed E-state index contributed by atoms with van der Waals surface area (Å²) in [6.45, 7) is 0. The number of nitrogens with one attached hydrogen (secondary N) is 3. The molecule has 0 bridgehead atoms. The number of hydrogen-bond donors (Lipinski definition) is 3. The number of furan rings is 1. The number of para-hydroxylation sites is 1. The molecule has 0 saturated carbocycles. The van der Waals surface area contributed by atoms with Gasteiger partial charge in [-0.05, 0) is 71.1 Å². The van der Waals surface area contributed by atoms with E-state index in [1.165, 1.54) is 18.3 Å². The number of anilines is 5. The zero-order valence-corrected chi connectivity index (χ0v) is 21.7. The summed E-state index contributed by atoms with van der Waals surface area (Å²) in [5.41, 5.74) is 5.11. The number of hydrazone groups is 1. The van der Waals surface area contributed by atoms with Gasteiger partial charge >= 0.3 is 0 Å². The third-order valence-electron chi connectivity index (χ3n) is 5.11. The molecular weight excluding hydrogens is 599 g/mol. The number of aromatic nitrogens is 3. The third-order valence-corrected chi connectivity index (χ3v) is 5.83. The zero-order chi connectivity index (χ0) is 26.3. The average Bonchev–Trinajstić information content (AvgIpc) is 3.39. The molecule has 0 aliphatic rings. The second-order valence-corrected chi connectivity index (χ2v) is 9.05. The highest BCUT2D eigenvalue weighted by atomic mass is 127. The molecule has 11 nitrogen and oxygen atoms in total. The summed E-state index contributed by atoms with van der Waals surface area (Å²) in [4.78, 5) is 23.6. The van der Waals surface area contributed by atoms with Gasteiger partial charge < -0.3 is 15.1 Å². The Balaban J connectivity index is 1.34. The van der Waals surface area contributed by atoms with Gasteiger partial charge in [0.05, 0.1) is 11.1 Å². The van der Waals surface area contributed by atoms with Crippen LogP contribution >= 0.6 is 22.6 Å². The Hall–Kier alpha value is -4.85. The Morgan fingerprint density at radius 2 is 1.42 bits per heavy atom. The fourth-order valence-electron chi connectivity index (χ4n) is 3.33. The van der Waals surface area contributed by atoms with E-state index < -0.39 is 4.92 Å². The largest absolute Gasteiger partial charge is 0.455 e. The number of hydrogen-bond acceptors (Lipinski definition) is 10. The van der Waals surface area contributed by atoms with Crippen molar-refractivity contribution in [2.45, 2.75) is 0 Å². The van der Waals surface area contributed by atoms with Crippen molar-refractivity contribution >= 4 is 63.7 Å². The van der Waals surface area contributed by atoms with E-state index in [1.54, 1.807) is 12.1 Å². The first kappa shape index (κ1) is 24.8. The number of nitrogens with zero attached hydrogens (tertiary/aromatic N) is 5. The minimum absolute atomic E-state index is 0.0163. The Kier molecular flexibility index (Phi) is 7.49. The minimum Gasteiger partial charge on any atom is -0.455 e. The Labute approximate surface area is 230 Å². The predicted molar refractivity (Wildman–Crippen MR) is 154 cm³/mol. The molecule has 188 valence electrons. The van der Waals surface area contributed by atoms with Crippen LogP contribution in [0.1, 0.15) is 5.76 Å². The maximum absolute atomic E-state index is 10.9. The lowest BCUT2D eigenvalue weighted by molar-refractivity contribution is -0.384. The van der Waals surface area contributed by atoms with Crippen LogP contribution in [0.5, 0.6) is 0 Å². The van der Waals surface area contributed by atoms with Gasteiger partial charge in [-0.15, -0.1) is 0 Å². The van der Waals surface area contributed by atoms with Gasteiger partial charge in [0.15, 0.2) is 0 Å². The quantitative estimate of drug-likeness (QED) is 0.0723. The summed E-state index contributed by atoms with van der Waals surface area (Å²) in [5.74, 6) is 1.93. The van der Waals surface area contributed by atoms with E-state index in [-0.39, 0.29) is 23.5 Å². The summed E-state index contributed by atoms with van der Waals surface area (Å²) < 4.78 is 7.01.